The lowest BCUT2D eigenvalue weighted by atomic mass is 9.82. The average Bonchev–Trinajstić information content (AvgIpc) is 2.42. The third-order valence-electron chi connectivity index (χ3n) is 3.67. The first kappa shape index (κ1) is 16.3. The van der Waals surface area contributed by atoms with Crippen molar-refractivity contribution in [3.8, 4) is 6.07 Å². The van der Waals surface area contributed by atoms with Crippen molar-refractivity contribution in [3.63, 3.8) is 0 Å². The fraction of sp³-hybridized carbons (Fsp3) is 0.562. The summed E-state index contributed by atoms with van der Waals surface area (Å²) in [6.45, 7) is 4.03. The molecule has 0 aliphatic heterocycles. The first-order chi connectivity index (χ1) is 9.94. The van der Waals surface area contributed by atoms with Crippen molar-refractivity contribution in [2.45, 2.75) is 61.3 Å². The van der Waals surface area contributed by atoms with Crippen molar-refractivity contribution in [2.75, 3.05) is 0 Å². The van der Waals surface area contributed by atoms with Gasteiger partial charge in [-0.15, -0.1) is 11.8 Å². The maximum Gasteiger partial charge on any atom is 0.136 e. The van der Waals surface area contributed by atoms with Crippen LogP contribution in [0.4, 0.5) is 8.78 Å². The Hall–Kier alpha value is -1.12. The van der Waals surface area contributed by atoms with Gasteiger partial charge in [0.05, 0.1) is 6.07 Å². The monoisotopic (exact) mass is 310 g/mol. The van der Waals surface area contributed by atoms with Crippen molar-refractivity contribution >= 4 is 11.8 Å². The molecule has 21 heavy (non-hydrogen) atoms. The van der Waals surface area contributed by atoms with Crippen LogP contribution >= 0.6 is 11.8 Å². The highest BCUT2D eigenvalue weighted by Crippen LogP contribution is 2.39. The molecule has 0 heterocycles. The van der Waals surface area contributed by atoms with E-state index in [0.29, 0.717) is 11.3 Å². The van der Waals surface area contributed by atoms with Crippen molar-refractivity contribution in [1.29, 1.82) is 5.26 Å². The van der Waals surface area contributed by atoms with Crippen molar-refractivity contribution in [1.82, 2.24) is 5.32 Å². The van der Waals surface area contributed by atoms with Gasteiger partial charge in [-0.1, -0.05) is 0 Å². The third kappa shape index (κ3) is 4.18. The Kier molecular flexibility index (Phi) is 5.23. The lowest BCUT2D eigenvalue weighted by molar-refractivity contribution is 0.284. The maximum absolute atomic E-state index is 13.7. The quantitative estimate of drug-likeness (QED) is 0.902. The summed E-state index contributed by atoms with van der Waals surface area (Å²) < 4.78 is 27.0. The van der Waals surface area contributed by atoms with E-state index in [1.165, 1.54) is 17.8 Å². The average molecular weight is 310 g/mol. The van der Waals surface area contributed by atoms with Gasteiger partial charge in [0.15, 0.2) is 0 Å². The minimum Gasteiger partial charge on any atom is -0.297 e. The normalized spacial score (nSPS) is 25.8. The van der Waals surface area contributed by atoms with Crippen LogP contribution in [-0.4, -0.2) is 16.8 Å². The second-order valence-corrected chi connectivity index (χ2v) is 7.25. The SMILES string of the molecule is CC(C)NC1(C#N)CCCC(Sc2cc(F)ccc2F)C1. The van der Waals surface area contributed by atoms with Gasteiger partial charge >= 0.3 is 0 Å². The van der Waals surface area contributed by atoms with Gasteiger partial charge < -0.3 is 0 Å². The Morgan fingerprint density at radius 3 is 2.86 bits per heavy atom. The van der Waals surface area contributed by atoms with E-state index in [9.17, 15) is 14.0 Å². The summed E-state index contributed by atoms with van der Waals surface area (Å²) in [6, 6.07) is 6.14. The number of nitrogens with one attached hydrogen (secondary N) is 1. The summed E-state index contributed by atoms with van der Waals surface area (Å²) >= 11 is 1.34. The Balaban J connectivity index is 2.11. The highest BCUT2D eigenvalue weighted by molar-refractivity contribution is 8.00. The first-order valence-corrected chi connectivity index (χ1v) is 8.13. The molecular formula is C16H20F2N2S. The molecule has 0 bridgehead atoms. The predicted octanol–water partition coefficient (Wildman–Crippen LogP) is 4.26. The van der Waals surface area contributed by atoms with Gasteiger partial charge in [0.2, 0.25) is 0 Å². The van der Waals surface area contributed by atoms with Gasteiger partial charge in [-0.25, -0.2) is 8.78 Å². The molecule has 0 aromatic heterocycles. The molecule has 5 heteroatoms. The number of hydrogen-bond acceptors (Lipinski definition) is 3. The van der Waals surface area contributed by atoms with Crippen LogP contribution < -0.4 is 5.32 Å². The molecule has 1 N–H and O–H groups in total. The molecule has 2 unspecified atom stereocenters. The van der Waals surface area contributed by atoms with Gasteiger partial charge in [-0.2, -0.15) is 5.26 Å². The molecule has 114 valence electrons. The van der Waals surface area contributed by atoms with E-state index >= 15 is 0 Å². The number of nitrogens with zero attached hydrogens (tertiary/aromatic N) is 1. The Bertz CT molecular complexity index is 542. The van der Waals surface area contributed by atoms with Crippen LogP contribution in [0.1, 0.15) is 39.5 Å². The molecule has 2 rings (SSSR count). The second-order valence-electron chi connectivity index (χ2n) is 5.90. The zero-order valence-electron chi connectivity index (χ0n) is 12.3. The highest BCUT2D eigenvalue weighted by atomic mass is 32.2. The Labute approximate surface area is 128 Å². The Morgan fingerprint density at radius 2 is 2.19 bits per heavy atom. The summed E-state index contributed by atoms with van der Waals surface area (Å²) in [5, 5.41) is 13.0. The molecule has 0 amide bonds. The number of hydrogen-bond donors (Lipinski definition) is 1. The van der Waals surface area contributed by atoms with Gasteiger partial charge in [0.25, 0.3) is 0 Å². The molecule has 1 fully saturated rings. The lowest BCUT2D eigenvalue weighted by Crippen LogP contribution is -2.51. The number of nitriles is 1. The van der Waals surface area contributed by atoms with Crippen LogP contribution in [0.15, 0.2) is 23.1 Å². The number of rotatable bonds is 4. The number of benzene rings is 1. The third-order valence-corrected chi connectivity index (χ3v) is 4.97. The summed E-state index contributed by atoms with van der Waals surface area (Å²) in [7, 11) is 0. The topological polar surface area (TPSA) is 35.8 Å². The minimum atomic E-state index is -0.548. The second kappa shape index (κ2) is 6.76. The van der Waals surface area contributed by atoms with E-state index in [-0.39, 0.29) is 11.3 Å². The molecule has 1 aromatic rings. The summed E-state index contributed by atoms with van der Waals surface area (Å²) in [6.07, 6.45) is 3.30. The molecule has 2 nitrogen and oxygen atoms in total. The maximum atomic E-state index is 13.7. The van der Waals surface area contributed by atoms with Crippen LogP contribution in [0.2, 0.25) is 0 Å². The molecule has 1 aliphatic carbocycles. The van der Waals surface area contributed by atoms with Crippen LogP contribution in [0.5, 0.6) is 0 Å². The summed E-state index contributed by atoms with van der Waals surface area (Å²) in [5.41, 5.74) is -0.548. The van der Waals surface area contributed by atoms with Gasteiger partial charge in [0.1, 0.15) is 17.2 Å². The van der Waals surface area contributed by atoms with Crippen LogP contribution in [0.25, 0.3) is 0 Å². The van der Waals surface area contributed by atoms with E-state index in [2.05, 4.69) is 11.4 Å². The largest absolute Gasteiger partial charge is 0.297 e. The molecule has 1 saturated carbocycles. The van der Waals surface area contributed by atoms with E-state index in [0.717, 1.165) is 31.4 Å². The highest BCUT2D eigenvalue weighted by Gasteiger charge is 2.37. The minimum absolute atomic E-state index is 0.126. The molecule has 2 atom stereocenters. The Morgan fingerprint density at radius 1 is 1.43 bits per heavy atom. The zero-order valence-corrected chi connectivity index (χ0v) is 13.1. The molecular weight excluding hydrogens is 290 g/mol. The summed E-state index contributed by atoms with van der Waals surface area (Å²) in [5.74, 6) is -0.826. The van der Waals surface area contributed by atoms with E-state index in [4.69, 9.17) is 0 Å². The van der Waals surface area contributed by atoms with Gasteiger partial charge in [-0.3, -0.25) is 5.32 Å². The van der Waals surface area contributed by atoms with Gasteiger partial charge in [0, 0.05) is 16.2 Å². The fourth-order valence-corrected chi connectivity index (χ4v) is 4.26. The molecule has 0 spiro atoms. The molecule has 0 radical (unpaired) electrons. The zero-order chi connectivity index (χ0) is 15.5. The fourth-order valence-electron chi connectivity index (χ4n) is 2.89. The lowest BCUT2D eigenvalue weighted by Gasteiger charge is -2.37. The standard InChI is InChI=1S/C16H20F2N2S/c1-11(2)20-16(10-19)7-3-4-13(9-16)21-15-8-12(17)5-6-14(15)18/h5-6,8,11,13,20H,3-4,7,9H2,1-2H3. The van der Waals surface area contributed by atoms with E-state index < -0.39 is 17.2 Å². The van der Waals surface area contributed by atoms with Crippen molar-refractivity contribution in [3.05, 3.63) is 29.8 Å². The predicted molar refractivity (Wildman–Crippen MR) is 81.1 cm³/mol. The molecule has 1 aliphatic rings. The van der Waals surface area contributed by atoms with Crippen molar-refractivity contribution < 1.29 is 8.78 Å². The smallest absolute Gasteiger partial charge is 0.136 e. The van der Waals surface area contributed by atoms with Crippen LogP contribution in [0, 0.1) is 23.0 Å². The first-order valence-electron chi connectivity index (χ1n) is 7.25. The van der Waals surface area contributed by atoms with Crippen LogP contribution in [-0.2, 0) is 0 Å². The molecule has 1 aromatic carbocycles. The van der Waals surface area contributed by atoms with Crippen molar-refractivity contribution in [2.24, 2.45) is 0 Å². The van der Waals surface area contributed by atoms with Crippen LogP contribution in [0.3, 0.4) is 0 Å². The van der Waals surface area contributed by atoms with E-state index in [1.54, 1.807) is 0 Å². The summed E-state index contributed by atoms with van der Waals surface area (Å²) in [4.78, 5) is 0.332. The van der Waals surface area contributed by atoms with Gasteiger partial charge in [-0.05, 0) is 57.7 Å². The van der Waals surface area contributed by atoms with E-state index in [1.807, 2.05) is 13.8 Å². The molecule has 0 saturated heterocycles. The number of thioether (sulfide) groups is 1. The number of halogens is 2.